The van der Waals surface area contributed by atoms with Gasteiger partial charge in [0.2, 0.25) is 0 Å². The van der Waals surface area contributed by atoms with Crippen molar-refractivity contribution in [3.8, 4) is 0 Å². The van der Waals surface area contributed by atoms with Gasteiger partial charge in [0.15, 0.2) is 9.84 Å². The summed E-state index contributed by atoms with van der Waals surface area (Å²) < 4.78 is 23.4. The van der Waals surface area contributed by atoms with E-state index in [1.165, 1.54) is 12.1 Å². The molecular weight excluding hydrogens is 370 g/mol. The summed E-state index contributed by atoms with van der Waals surface area (Å²) in [5, 5.41) is 11.5. The highest BCUT2D eigenvalue weighted by Gasteiger charge is 2.26. The molecule has 1 fully saturated rings. The van der Waals surface area contributed by atoms with Crippen LogP contribution in [-0.4, -0.2) is 55.7 Å². The predicted octanol–water partition coefficient (Wildman–Crippen LogP) is 1.73. The zero-order valence-electron chi connectivity index (χ0n) is 15.4. The molecular formula is C17H21N5O4S. The first-order valence-electron chi connectivity index (χ1n) is 8.46. The molecule has 0 N–H and O–H groups in total. The maximum absolute atomic E-state index is 11.7. The van der Waals surface area contributed by atoms with Gasteiger partial charge in [-0.05, 0) is 26.0 Å². The van der Waals surface area contributed by atoms with Crippen LogP contribution in [0.4, 0.5) is 17.2 Å². The number of benzene rings is 1. The Morgan fingerprint density at radius 2 is 1.67 bits per heavy atom. The predicted molar refractivity (Wildman–Crippen MR) is 102 cm³/mol. The highest BCUT2D eigenvalue weighted by molar-refractivity contribution is 7.90. The van der Waals surface area contributed by atoms with Gasteiger partial charge in [0.1, 0.15) is 17.3 Å². The van der Waals surface area contributed by atoms with E-state index < -0.39 is 14.8 Å². The molecule has 2 aromatic rings. The SMILES string of the molecule is Cc1cc(N2CCN(c3ccc(S(C)(=O)=O)cc3[N+](=O)[O-])CC2)nc(C)n1. The Morgan fingerprint density at radius 1 is 1.04 bits per heavy atom. The summed E-state index contributed by atoms with van der Waals surface area (Å²) in [5.41, 5.74) is 1.13. The van der Waals surface area contributed by atoms with Crippen LogP contribution in [0.15, 0.2) is 29.2 Å². The van der Waals surface area contributed by atoms with E-state index >= 15 is 0 Å². The number of sulfone groups is 1. The van der Waals surface area contributed by atoms with Crippen molar-refractivity contribution in [3.63, 3.8) is 0 Å². The summed E-state index contributed by atoms with van der Waals surface area (Å²) in [6, 6.07) is 5.99. The minimum absolute atomic E-state index is 0.0523. The topological polar surface area (TPSA) is 110 Å². The van der Waals surface area contributed by atoms with Crippen LogP contribution in [-0.2, 0) is 9.84 Å². The summed E-state index contributed by atoms with van der Waals surface area (Å²) in [5.74, 6) is 1.56. The average molecular weight is 391 g/mol. The third-order valence-corrected chi connectivity index (χ3v) is 5.58. The number of aromatic nitrogens is 2. The van der Waals surface area contributed by atoms with Crippen molar-refractivity contribution in [2.75, 3.05) is 42.2 Å². The average Bonchev–Trinajstić information content (AvgIpc) is 2.59. The fourth-order valence-electron chi connectivity index (χ4n) is 3.18. The normalized spacial score (nSPS) is 15.1. The van der Waals surface area contributed by atoms with Gasteiger partial charge < -0.3 is 9.80 Å². The molecule has 0 amide bonds. The molecule has 0 spiro atoms. The van der Waals surface area contributed by atoms with Gasteiger partial charge in [-0.1, -0.05) is 0 Å². The van der Waals surface area contributed by atoms with E-state index in [0.717, 1.165) is 23.8 Å². The fraction of sp³-hybridized carbons (Fsp3) is 0.412. The quantitative estimate of drug-likeness (QED) is 0.572. The fourth-order valence-corrected chi connectivity index (χ4v) is 3.82. The van der Waals surface area contributed by atoms with Crippen LogP contribution < -0.4 is 9.80 Å². The lowest BCUT2D eigenvalue weighted by Crippen LogP contribution is -2.47. The maximum Gasteiger partial charge on any atom is 0.293 e. The first-order valence-corrected chi connectivity index (χ1v) is 10.3. The standard InChI is InChI=1S/C17H21N5O4S/c1-12-10-17(19-13(2)18-12)21-8-6-20(7-9-21)15-5-4-14(27(3,25)26)11-16(15)22(23)24/h4-5,10-11H,6-9H2,1-3H3. The van der Waals surface area contributed by atoms with Gasteiger partial charge in [-0.2, -0.15) is 0 Å². The van der Waals surface area contributed by atoms with E-state index in [0.29, 0.717) is 37.7 Å². The van der Waals surface area contributed by atoms with Crippen molar-refractivity contribution in [3.05, 3.63) is 45.9 Å². The lowest BCUT2D eigenvalue weighted by Gasteiger charge is -2.36. The van der Waals surface area contributed by atoms with Crippen molar-refractivity contribution in [1.82, 2.24) is 9.97 Å². The largest absolute Gasteiger partial charge is 0.362 e. The van der Waals surface area contributed by atoms with Crippen LogP contribution in [0.25, 0.3) is 0 Å². The molecule has 9 nitrogen and oxygen atoms in total. The minimum Gasteiger partial charge on any atom is -0.362 e. The second-order valence-corrected chi connectivity index (χ2v) is 8.58. The van der Waals surface area contributed by atoms with Crippen molar-refractivity contribution < 1.29 is 13.3 Å². The molecule has 2 heterocycles. The van der Waals surface area contributed by atoms with E-state index in [4.69, 9.17) is 0 Å². The number of rotatable bonds is 4. The zero-order valence-corrected chi connectivity index (χ0v) is 16.2. The summed E-state index contributed by atoms with van der Waals surface area (Å²) >= 11 is 0. The summed E-state index contributed by atoms with van der Waals surface area (Å²) in [6.07, 6.45) is 1.04. The van der Waals surface area contributed by atoms with Gasteiger partial charge in [-0.3, -0.25) is 10.1 Å². The number of nitro groups is 1. The van der Waals surface area contributed by atoms with Gasteiger partial charge in [0.05, 0.1) is 9.82 Å². The molecule has 0 bridgehead atoms. The molecule has 3 rings (SSSR count). The highest BCUT2D eigenvalue weighted by Crippen LogP contribution is 2.32. The zero-order chi connectivity index (χ0) is 19.8. The van der Waals surface area contributed by atoms with Gasteiger partial charge in [0, 0.05) is 50.3 Å². The molecule has 144 valence electrons. The summed E-state index contributed by atoms with van der Waals surface area (Å²) in [4.78, 5) is 23.6. The van der Waals surface area contributed by atoms with Crippen LogP contribution >= 0.6 is 0 Å². The molecule has 0 saturated carbocycles. The second kappa shape index (κ2) is 7.10. The van der Waals surface area contributed by atoms with Crippen LogP contribution in [0.5, 0.6) is 0 Å². The van der Waals surface area contributed by atoms with Crippen LogP contribution in [0.2, 0.25) is 0 Å². The smallest absolute Gasteiger partial charge is 0.293 e. The lowest BCUT2D eigenvalue weighted by atomic mass is 10.2. The Kier molecular flexibility index (Phi) is 5.01. The van der Waals surface area contributed by atoms with Gasteiger partial charge in [-0.25, -0.2) is 18.4 Å². The summed E-state index contributed by atoms with van der Waals surface area (Å²) in [6.45, 7) is 6.21. The number of piperazine rings is 1. The van der Waals surface area contributed by atoms with Crippen molar-refractivity contribution in [2.45, 2.75) is 18.7 Å². The van der Waals surface area contributed by atoms with Gasteiger partial charge in [-0.15, -0.1) is 0 Å². The van der Waals surface area contributed by atoms with Gasteiger partial charge in [0.25, 0.3) is 5.69 Å². The number of hydrogen-bond donors (Lipinski definition) is 0. The highest BCUT2D eigenvalue weighted by atomic mass is 32.2. The Balaban J connectivity index is 1.82. The maximum atomic E-state index is 11.7. The van der Waals surface area contributed by atoms with E-state index in [-0.39, 0.29) is 10.6 Å². The molecule has 0 radical (unpaired) electrons. The minimum atomic E-state index is -3.50. The molecule has 1 aromatic heterocycles. The molecule has 0 aliphatic carbocycles. The molecule has 1 saturated heterocycles. The summed E-state index contributed by atoms with van der Waals surface area (Å²) in [7, 11) is -3.50. The van der Waals surface area contributed by atoms with Gasteiger partial charge >= 0.3 is 0 Å². The monoisotopic (exact) mass is 391 g/mol. The first kappa shape index (κ1) is 19.0. The molecule has 0 atom stereocenters. The Labute approximate surface area is 157 Å². The molecule has 1 aliphatic rings. The first-order chi connectivity index (χ1) is 12.6. The van der Waals surface area contributed by atoms with E-state index in [9.17, 15) is 18.5 Å². The Morgan fingerprint density at radius 3 is 2.22 bits per heavy atom. The van der Waals surface area contributed by atoms with Crippen molar-refractivity contribution >= 4 is 27.0 Å². The Bertz CT molecular complexity index is 965. The third kappa shape index (κ3) is 4.16. The molecule has 27 heavy (non-hydrogen) atoms. The number of nitro benzene ring substituents is 1. The lowest BCUT2D eigenvalue weighted by molar-refractivity contribution is -0.384. The molecule has 0 unspecified atom stereocenters. The number of aryl methyl sites for hydroxylation is 2. The van der Waals surface area contributed by atoms with E-state index in [1.807, 2.05) is 24.8 Å². The number of nitrogens with zero attached hydrogens (tertiary/aromatic N) is 5. The van der Waals surface area contributed by atoms with E-state index in [2.05, 4.69) is 14.9 Å². The van der Waals surface area contributed by atoms with E-state index in [1.54, 1.807) is 0 Å². The number of anilines is 2. The molecule has 1 aromatic carbocycles. The molecule has 1 aliphatic heterocycles. The van der Waals surface area contributed by atoms with Crippen molar-refractivity contribution in [1.29, 1.82) is 0 Å². The van der Waals surface area contributed by atoms with Crippen LogP contribution in [0, 0.1) is 24.0 Å². The molecule has 10 heteroatoms. The second-order valence-electron chi connectivity index (χ2n) is 6.57. The van der Waals surface area contributed by atoms with Crippen LogP contribution in [0.3, 0.4) is 0 Å². The van der Waals surface area contributed by atoms with Crippen molar-refractivity contribution in [2.24, 2.45) is 0 Å². The third-order valence-electron chi connectivity index (χ3n) is 4.47. The van der Waals surface area contributed by atoms with Crippen LogP contribution in [0.1, 0.15) is 11.5 Å². The number of hydrogen-bond acceptors (Lipinski definition) is 8. The Hall–Kier alpha value is -2.75.